The molecule has 1 amide bonds. The van der Waals surface area contributed by atoms with Crippen molar-refractivity contribution in [3.63, 3.8) is 0 Å². The van der Waals surface area contributed by atoms with Gasteiger partial charge in [-0.3, -0.25) is 4.79 Å². The summed E-state index contributed by atoms with van der Waals surface area (Å²) in [4.78, 5) is 24.5. The predicted octanol–water partition coefficient (Wildman–Crippen LogP) is 2.79. The molecule has 0 aromatic carbocycles. The molecule has 29 heavy (non-hydrogen) atoms. The van der Waals surface area contributed by atoms with E-state index < -0.39 is 0 Å². The lowest BCUT2D eigenvalue weighted by atomic mass is 9.74. The van der Waals surface area contributed by atoms with Gasteiger partial charge in [0.2, 0.25) is 11.9 Å². The number of morpholine rings is 1. The highest BCUT2D eigenvalue weighted by Crippen LogP contribution is 2.40. The Morgan fingerprint density at radius 1 is 1.31 bits per heavy atom. The molecule has 2 aliphatic heterocycles. The van der Waals surface area contributed by atoms with Crippen LogP contribution in [0.5, 0.6) is 0 Å². The third-order valence-electron chi connectivity index (χ3n) is 6.14. The van der Waals surface area contributed by atoms with Gasteiger partial charge in [0.05, 0.1) is 36.5 Å². The average Bonchev–Trinajstić information content (AvgIpc) is 3.12. The predicted molar refractivity (Wildman–Crippen MR) is 111 cm³/mol. The number of carbonyl (C=O) groups excluding carboxylic acids is 1. The van der Waals surface area contributed by atoms with E-state index >= 15 is 0 Å². The van der Waals surface area contributed by atoms with Crippen molar-refractivity contribution in [2.45, 2.75) is 84.2 Å². The van der Waals surface area contributed by atoms with E-state index in [0.29, 0.717) is 6.42 Å². The Morgan fingerprint density at radius 2 is 2.07 bits per heavy atom. The number of rotatable bonds is 4. The third kappa shape index (κ3) is 4.89. The largest absolute Gasteiger partial charge is 0.378 e. The summed E-state index contributed by atoms with van der Waals surface area (Å²) in [7, 11) is 0. The van der Waals surface area contributed by atoms with E-state index in [1.54, 1.807) is 0 Å². The number of fused-ring (bicyclic) bond motifs is 1. The molecule has 1 aromatic rings. The van der Waals surface area contributed by atoms with Crippen LogP contribution in [0.4, 0.5) is 5.95 Å². The van der Waals surface area contributed by atoms with Gasteiger partial charge in [-0.1, -0.05) is 13.8 Å². The second-order valence-corrected chi connectivity index (χ2v) is 9.74. The van der Waals surface area contributed by atoms with Crippen LogP contribution in [0.1, 0.15) is 70.7 Å². The van der Waals surface area contributed by atoms with Crippen LogP contribution in [0.25, 0.3) is 0 Å². The highest BCUT2D eigenvalue weighted by molar-refractivity contribution is 5.77. The van der Waals surface area contributed by atoms with Crippen LogP contribution in [0, 0.1) is 5.41 Å². The second-order valence-electron chi connectivity index (χ2n) is 9.74. The number of carbonyl (C=O) groups is 1. The Labute approximate surface area is 173 Å². The van der Waals surface area contributed by atoms with Gasteiger partial charge in [0.25, 0.3) is 0 Å². The topological polar surface area (TPSA) is 76.6 Å². The zero-order chi connectivity index (χ0) is 20.6. The molecule has 1 aromatic heterocycles. The lowest BCUT2D eigenvalue weighted by Gasteiger charge is -2.38. The second kappa shape index (κ2) is 8.19. The molecule has 4 rings (SSSR count). The SMILES string of the molecule is CC1CN(c2ncc3c(n2)CC(C)(C)CC3NC(=O)CC2CCCO2)CC(C)O1. The monoisotopic (exact) mass is 402 g/mol. The maximum absolute atomic E-state index is 12.6. The van der Waals surface area contributed by atoms with Gasteiger partial charge in [-0.05, 0) is 44.9 Å². The molecule has 1 N–H and O–H groups in total. The molecule has 0 spiro atoms. The van der Waals surface area contributed by atoms with Crippen molar-refractivity contribution in [2.24, 2.45) is 5.41 Å². The van der Waals surface area contributed by atoms with Crippen LogP contribution < -0.4 is 10.2 Å². The van der Waals surface area contributed by atoms with Gasteiger partial charge in [0.15, 0.2) is 0 Å². The normalized spacial score (nSPS) is 31.4. The minimum Gasteiger partial charge on any atom is -0.378 e. The highest BCUT2D eigenvalue weighted by Gasteiger charge is 2.35. The van der Waals surface area contributed by atoms with E-state index in [2.05, 4.69) is 42.9 Å². The molecule has 3 heterocycles. The van der Waals surface area contributed by atoms with E-state index in [0.717, 1.165) is 62.6 Å². The fourth-order valence-corrected chi connectivity index (χ4v) is 4.92. The van der Waals surface area contributed by atoms with Crippen LogP contribution in [-0.4, -0.2) is 53.9 Å². The number of amides is 1. The quantitative estimate of drug-likeness (QED) is 0.835. The molecule has 4 atom stereocenters. The molecule has 1 aliphatic carbocycles. The molecule has 4 unspecified atom stereocenters. The fraction of sp³-hybridized carbons (Fsp3) is 0.773. The first-order valence-corrected chi connectivity index (χ1v) is 11.0. The van der Waals surface area contributed by atoms with E-state index in [1.165, 1.54) is 0 Å². The number of nitrogens with one attached hydrogen (secondary N) is 1. The van der Waals surface area contributed by atoms with Crippen LogP contribution in [0.3, 0.4) is 0 Å². The fourth-order valence-electron chi connectivity index (χ4n) is 4.92. The first-order valence-electron chi connectivity index (χ1n) is 11.0. The third-order valence-corrected chi connectivity index (χ3v) is 6.14. The van der Waals surface area contributed by atoms with Crippen LogP contribution in [-0.2, 0) is 20.7 Å². The highest BCUT2D eigenvalue weighted by atomic mass is 16.5. The summed E-state index contributed by atoms with van der Waals surface area (Å²) < 4.78 is 11.5. The summed E-state index contributed by atoms with van der Waals surface area (Å²) in [5.74, 6) is 0.832. The summed E-state index contributed by atoms with van der Waals surface area (Å²) >= 11 is 0. The Morgan fingerprint density at radius 3 is 2.76 bits per heavy atom. The molecular formula is C22H34N4O3. The summed E-state index contributed by atoms with van der Waals surface area (Å²) in [6.07, 6.45) is 6.57. The van der Waals surface area contributed by atoms with Gasteiger partial charge in [0.1, 0.15) is 0 Å². The van der Waals surface area contributed by atoms with Crippen molar-refractivity contribution in [1.82, 2.24) is 15.3 Å². The zero-order valence-corrected chi connectivity index (χ0v) is 18.1. The van der Waals surface area contributed by atoms with Gasteiger partial charge in [-0.25, -0.2) is 9.97 Å². The van der Waals surface area contributed by atoms with Crippen LogP contribution in [0.15, 0.2) is 6.20 Å². The molecule has 7 nitrogen and oxygen atoms in total. The van der Waals surface area contributed by atoms with Crippen molar-refractivity contribution in [2.75, 3.05) is 24.6 Å². The van der Waals surface area contributed by atoms with Crippen LogP contribution >= 0.6 is 0 Å². The van der Waals surface area contributed by atoms with E-state index in [9.17, 15) is 4.79 Å². The molecule has 3 aliphatic rings. The van der Waals surface area contributed by atoms with Crippen LogP contribution in [0.2, 0.25) is 0 Å². The number of anilines is 1. The minimum atomic E-state index is -0.0424. The Kier molecular flexibility index (Phi) is 5.80. The molecule has 2 saturated heterocycles. The Balaban J connectivity index is 1.51. The number of nitrogens with zero attached hydrogens (tertiary/aromatic N) is 3. The molecule has 0 radical (unpaired) electrons. The Hall–Kier alpha value is -1.73. The van der Waals surface area contributed by atoms with Crippen molar-refractivity contribution in [3.8, 4) is 0 Å². The van der Waals surface area contributed by atoms with E-state index in [1.807, 2.05) is 6.20 Å². The number of hydrogen-bond donors (Lipinski definition) is 1. The average molecular weight is 403 g/mol. The van der Waals surface area contributed by atoms with Crippen molar-refractivity contribution in [1.29, 1.82) is 0 Å². The molecule has 7 heteroatoms. The molecule has 0 saturated carbocycles. The standard InChI is InChI=1S/C22H34N4O3/c1-14-12-26(13-15(2)29-14)21-23-11-17-18(9-22(3,4)10-19(17)25-21)24-20(27)8-16-6-5-7-28-16/h11,14-16,18H,5-10,12-13H2,1-4H3,(H,24,27). The zero-order valence-electron chi connectivity index (χ0n) is 18.1. The maximum Gasteiger partial charge on any atom is 0.225 e. The number of hydrogen-bond acceptors (Lipinski definition) is 6. The number of ether oxygens (including phenoxy) is 2. The van der Waals surface area contributed by atoms with Crippen molar-refractivity contribution >= 4 is 11.9 Å². The van der Waals surface area contributed by atoms with Gasteiger partial charge in [-0.15, -0.1) is 0 Å². The first kappa shape index (κ1) is 20.5. The smallest absolute Gasteiger partial charge is 0.225 e. The van der Waals surface area contributed by atoms with Gasteiger partial charge in [0, 0.05) is 31.5 Å². The molecular weight excluding hydrogens is 368 g/mol. The first-order chi connectivity index (χ1) is 13.8. The van der Waals surface area contributed by atoms with E-state index in [-0.39, 0.29) is 35.7 Å². The summed E-state index contributed by atoms with van der Waals surface area (Å²) in [5, 5.41) is 3.24. The molecule has 0 bridgehead atoms. The molecule has 160 valence electrons. The van der Waals surface area contributed by atoms with Gasteiger partial charge >= 0.3 is 0 Å². The van der Waals surface area contributed by atoms with Gasteiger partial charge < -0.3 is 19.7 Å². The van der Waals surface area contributed by atoms with E-state index in [4.69, 9.17) is 14.5 Å². The minimum absolute atomic E-state index is 0.0424. The van der Waals surface area contributed by atoms with Crippen molar-refractivity contribution < 1.29 is 14.3 Å². The molecule has 2 fully saturated rings. The lowest BCUT2D eigenvalue weighted by Crippen LogP contribution is -2.46. The number of aromatic nitrogens is 2. The Bertz CT molecular complexity index is 738. The maximum atomic E-state index is 12.6. The van der Waals surface area contributed by atoms with Crippen molar-refractivity contribution in [3.05, 3.63) is 17.5 Å². The summed E-state index contributed by atoms with van der Waals surface area (Å²) in [5.41, 5.74) is 2.19. The summed E-state index contributed by atoms with van der Waals surface area (Å²) in [6, 6.07) is -0.0424. The van der Waals surface area contributed by atoms with Gasteiger partial charge in [-0.2, -0.15) is 0 Å². The summed E-state index contributed by atoms with van der Waals surface area (Å²) in [6.45, 7) is 11.0. The lowest BCUT2D eigenvalue weighted by molar-refractivity contribution is -0.124.